The summed E-state index contributed by atoms with van der Waals surface area (Å²) in [5.41, 5.74) is 5.41. The van der Waals surface area contributed by atoms with E-state index in [4.69, 9.17) is 0 Å². The van der Waals surface area contributed by atoms with Crippen molar-refractivity contribution in [2.45, 2.75) is 25.9 Å². The zero-order chi connectivity index (χ0) is 28.7. The summed E-state index contributed by atoms with van der Waals surface area (Å²) in [7, 11) is 0. The van der Waals surface area contributed by atoms with Crippen LogP contribution in [-0.2, 0) is 13.1 Å². The standard InChI is InChI=1S/C34H50N8/c1-3-31-19-33(25-39-21-31)23-37-13-17-41(15-11-35-9-1)27-29-5-7-30(8-6-29)28-42-16-12-36-10-2-4-32-20-34(26-40-22-32)24-38-14-18-42/h1-8,21-22,25-26,33-38H,9-20,23-24,27-28H2/b3-1-,4-2-. The van der Waals surface area contributed by atoms with E-state index in [1.54, 1.807) is 0 Å². The van der Waals surface area contributed by atoms with E-state index in [2.05, 4.69) is 102 Å². The summed E-state index contributed by atoms with van der Waals surface area (Å²) < 4.78 is 0. The van der Waals surface area contributed by atoms with E-state index in [1.807, 2.05) is 12.4 Å². The van der Waals surface area contributed by atoms with E-state index in [-0.39, 0.29) is 0 Å². The quantitative estimate of drug-likeness (QED) is 0.446. The van der Waals surface area contributed by atoms with Gasteiger partial charge in [-0.15, -0.1) is 0 Å². The topological polar surface area (TPSA) is 79.3 Å². The Morgan fingerprint density at radius 3 is 1.48 bits per heavy atom. The predicted octanol–water partition coefficient (Wildman–Crippen LogP) is 2.74. The van der Waals surface area contributed by atoms with Gasteiger partial charge in [0.05, 0.1) is 0 Å². The Labute approximate surface area is 252 Å². The molecule has 0 spiro atoms. The van der Waals surface area contributed by atoms with Crippen LogP contribution in [0.1, 0.15) is 24.0 Å². The number of hydrogen-bond donors (Lipinski definition) is 4. The fourth-order valence-electron chi connectivity index (χ4n) is 5.93. The lowest BCUT2D eigenvalue weighted by Crippen LogP contribution is -2.38. The zero-order valence-corrected chi connectivity index (χ0v) is 25.2. The molecule has 2 unspecified atom stereocenters. The number of aliphatic imine (C=N–C) groups is 2. The molecule has 0 aromatic heterocycles. The minimum atomic E-state index is 0.479. The highest BCUT2D eigenvalue weighted by atomic mass is 15.2. The Hall–Kier alpha value is -2.72. The Balaban J connectivity index is 1.10. The smallest absolute Gasteiger partial charge is 0.0296 e. The summed E-state index contributed by atoms with van der Waals surface area (Å²) in [6, 6.07) is 9.32. The summed E-state index contributed by atoms with van der Waals surface area (Å²) in [5, 5.41) is 14.5. The molecule has 2 atom stereocenters. The third kappa shape index (κ3) is 10.8. The Bertz CT molecular complexity index is 1040. The fourth-order valence-corrected chi connectivity index (χ4v) is 5.93. The third-order valence-electron chi connectivity index (χ3n) is 8.33. The molecule has 4 aliphatic heterocycles. The molecular weight excluding hydrogens is 520 g/mol. The van der Waals surface area contributed by atoms with Crippen LogP contribution in [-0.4, -0.2) is 101 Å². The van der Waals surface area contributed by atoms with Gasteiger partial charge in [0.1, 0.15) is 0 Å². The van der Waals surface area contributed by atoms with Crippen LogP contribution >= 0.6 is 0 Å². The molecule has 42 heavy (non-hydrogen) atoms. The number of rotatable bonds is 4. The fraction of sp³-hybridized carbons (Fsp3) is 0.529. The molecule has 0 amide bonds. The highest BCUT2D eigenvalue weighted by Gasteiger charge is 2.14. The molecular formula is C34H50N8. The number of hydrogen-bond acceptors (Lipinski definition) is 8. The highest BCUT2D eigenvalue weighted by molar-refractivity contribution is 5.65. The molecule has 4 heterocycles. The van der Waals surface area contributed by atoms with Crippen LogP contribution in [0.2, 0.25) is 0 Å². The number of nitrogens with zero attached hydrogens (tertiary/aromatic N) is 4. The summed E-state index contributed by atoms with van der Waals surface area (Å²) in [4.78, 5) is 14.0. The maximum atomic E-state index is 4.46. The van der Waals surface area contributed by atoms with Crippen LogP contribution in [0, 0.1) is 11.8 Å². The maximum absolute atomic E-state index is 4.46. The second kappa shape index (κ2) is 17.4. The van der Waals surface area contributed by atoms with Crippen molar-refractivity contribution in [3.05, 3.63) is 83.2 Å². The lowest BCUT2D eigenvalue weighted by molar-refractivity contribution is 0.262. The van der Waals surface area contributed by atoms with Gasteiger partial charge in [0.25, 0.3) is 0 Å². The largest absolute Gasteiger partial charge is 0.315 e. The predicted molar refractivity (Wildman–Crippen MR) is 176 cm³/mol. The van der Waals surface area contributed by atoms with Crippen molar-refractivity contribution in [3.8, 4) is 0 Å². The van der Waals surface area contributed by atoms with E-state index in [0.717, 1.165) is 104 Å². The Morgan fingerprint density at radius 2 is 1.02 bits per heavy atom. The second-order valence-electron chi connectivity index (χ2n) is 11.9. The summed E-state index contributed by atoms with van der Waals surface area (Å²) in [6.07, 6.45) is 19.2. The van der Waals surface area contributed by atoms with E-state index in [9.17, 15) is 0 Å². The molecule has 1 aromatic rings. The molecule has 0 aliphatic carbocycles. The third-order valence-corrected chi connectivity index (χ3v) is 8.33. The summed E-state index contributed by atoms with van der Waals surface area (Å²) in [5.74, 6) is 0.958. The zero-order valence-electron chi connectivity index (χ0n) is 25.2. The van der Waals surface area contributed by atoms with Crippen molar-refractivity contribution in [2.24, 2.45) is 21.8 Å². The van der Waals surface area contributed by atoms with E-state index >= 15 is 0 Å². The van der Waals surface area contributed by atoms with Crippen LogP contribution in [0.3, 0.4) is 0 Å². The molecule has 226 valence electrons. The lowest BCUT2D eigenvalue weighted by Gasteiger charge is -2.25. The molecule has 8 nitrogen and oxygen atoms in total. The molecule has 4 aliphatic rings. The lowest BCUT2D eigenvalue weighted by atomic mass is 9.98. The van der Waals surface area contributed by atoms with Crippen molar-refractivity contribution < 1.29 is 0 Å². The van der Waals surface area contributed by atoms with Crippen LogP contribution in [0.4, 0.5) is 0 Å². The van der Waals surface area contributed by atoms with Crippen molar-refractivity contribution in [1.29, 1.82) is 0 Å². The maximum Gasteiger partial charge on any atom is 0.0296 e. The molecule has 1 aromatic carbocycles. The number of allylic oxidation sites excluding steroid dienone is 4. The van der Waals surface area contributed by atoms with Gasteiger partial charge in [-0.2, -0.15) is 0 Å². The summed E-state index contributed by atoms with van der Waals surface area (Å²) >= 11 is 0. The van der Waals surface area contributed by atoms with Gasteiger partial charge in [0.15, 0.2) is 0 Å². The van der Waals surface area contributed by atoms with Crippen molar-refractivity contribution in [1.82, 2.24) is 31.1 Å². The molecule has 0 radical (unpaired) electrons. The first-order chi connectivity index (χ1) is 20.8. The minimum Gasteiger partial charge on any atom is -0.315 e. The van der Waals surface area contributed by atoms with Gasteiger partial charge in [-0.1, -0.05) is 48.6 Å². The average Bonchev–Trinajstić information content (AvgIpc) is 3.01. The highest BCUT2D eigenvalue weighted by Crippen LogP contribution is 2.17. The first-order valence-corrected chi connectivity index (χ1v) is 15.9. The van der Waals surface area contributed by atoms with E-state index in [1.165, 1.54) is 22.3 Å². The Kier molecular flexibility index (Phi) is 12.7. The Morgan fingerprint density at radius 1 is 0.595 bits per heavy atom. The normalized spacial score (nSPS) is 27.2. The van der Waals surface area contributed by atoms with Gasteiger partial charge in [0, 0.05) is 128 Å². The van der Waals surface area contributed by atoms with Gasteiger partial charge in [-0.3, -0.25) is 19.8 Å². The van der Waals surface area contributed by atoms with Gasteiger partial charge in [-0.25, -0.2) is 0 Å². The molecule has 8 heteroatoms. The van der Waals surface area contributed by atoms with E-state index < -0.39 is 0 Å². The molecule has 0 saturated carbocycles. The molecule has 4 N–H and O–H groups in total. The molecule has 0 fully saturated rings. The minimum absolute atomic E-state index is 0.479. The number of benzene rings is 1. The molecule has 5 rings (SSSR count). The first-order valence-electron chi connectivity index (χ1n) is 15.9. The second-order valence-corrected chi connectivity index (χ2v) is 11.9. The van der Waals surface area contributed by atoms with Gasteiger partial charge < -0.3 is 21.3 Å². The van der Waals surface area contributed by atoms with Crippen LogP contribution in [0.25, 0.3) is 0 Å². The van der Waals surface area contributed by atoms with Crippen molar-refractivity contribution in [3.63, 3.8) is 0 Å². The number of nitrogens with one attached hydrogen (secondary N) is 4. The monoisotopic (exact) mass is 570 g/mol. The van der Waals surface area contributed by atoms with Gasteiger partial charge in [0.2, 0.25) is 0 Å². The van der Waals surface area contributed by atoms with Crippen LogP contribution < -0.4 is 21.3 Å². The van der Waals surface area contributed by atoms with E-state index in [0.29, 0.717) is 11.8 Å². The number of fused-ring (bicyclic) bond motifs is 4. The van der Waals surface area contributed by atoms with Crippen molar-refractivity contribution >= 4 is 12.4 Å². The average molecular weight is 571 g/mol. The molecule has 0 saturated heterocycles. The van der Waals surface area contributed by atoms with Crippen LogP contribution in [0.15, 0.2) is 82.1 Å². The van der Waals surface area contributed by atoms with Crippen molar-refractivity contribution in [2.75, 3.05) is 78.5 Å². The van der Waals surface area contributed by atoms with Gasteiger partial charge in [-0.05, 0) is 35.1 Å². The first kappa shape index (κ1) is 30.7. The van der Waals surface area contributed by atoms with Gasteiger partial charge >= 0.3 is 0 Å². The van der Waals surface area contributed by atoms with Crippen LogP contribution in [0.5, 0.6) is 0 Å². The summed E-state index contributed by atoms with van der Waals surface area (Å²) in [6.45, 7) is 13.9. The SMILES string of the molecule is C1=NC=C2/C=C\CNCCN(Cc3ccc(CN4CCNC/C=C\C5=CN=CC(CNCC4)C5)cc3)CCNCC1C2. The molecule has 4 bridgehead atoms.